The number of esters is 1. The summed E-state index contributed by atoms with van der Waals surface area (Å²) >= 11 is 0. The molecule has 0 amide bonds. The van der Waals surface area contributed by atoms with Crippen LogP contribution < -0.4 is 0 Å². The lowest BCUT2D eigenvalue weighted by atomic mass is 9.97. The lowest BCUT2D eigenvalue weighted by molar-refractivity contribution is -0.149. The minimum absolute atomic E-state index is 0.165. The van der Waals surface area contributed by atoms with E-state index in [1.165, 1.54) is 7.11 Å². The van der Waals surface area contributed by atoms with Crippen LogP contribution in [0.4, 0.5) is 0 Å². The normalized spacial score (nSPS) is 12.3. The Hall–Kier alpha value is -3.06. The van der Waals surface area contributed by atoms with E-state index in [4.69, 9.17) is 4.74 Å². The molecule has 2 aromatic carbocycles. The van der Waals surface area contributed by atoms with Gasteiger partial charge in [-0.25, -0.2) is 0 Å². The molecule has 170 valence electrons. The van der Waals surface area contributed by atoms with Crippen molar-refractivity contribution in [3.8, 4) is 22.5 Å². The van der Waals surface area contributed by atoms with E-state index < -0.39 is 0 Å². The Labute approximate surface area is 190 Å². The van der Waals surface area contributed by atoms with Crippen molar-refractivity contribution in [1.29, 1.82) is 0 Å². The molecule has 0 saturated heterocycles. The number of carbonyl (C=O) groups excluding carboxylic acids is 1. The molecule has 3 aromatic rings. The van der Waals surface area contributed by atoms with Crippen molar-refractivity contribution >= 4 is 5.97 Å². The minimum Gasteiger partial charge on any atom is -0.468 e. The lowest BCUT2D eigenvalue weighted by Crippen LogP contribution is -2.45. The van der Waals surface area contributed by atoms with E-state index in [9.17, 15) is 4.79 Å². The smallest absolute Gasteiger partial charge is 0.323 e. The van der Waals surface area contributed by atoms with Gasteiger partial charge in [0.05, 0.1) is 7.11 Å². The molecule has 3 rings (SSSR count). The van der Waals surface area contributed by atoms with E-state index >= 15 is 0 Å². The number of hydrogen-bond acceptors (Lipinski definition) is 6. The summed E-state index contributed by atoms with van der Waals surface area (Å²) in [6, 6.07) is 16.3. The van der Waals surface area contributed by atoms with Crippen LogP contribution in [0.3, 0.4) is 0 Å². The van der Waals surface area contributed by atoms with Gasteiger partial charge in [-0.15, -0.1) is 10.2 Å². The first-order chi connectivity index (χ1) is 15.5. The zero-order valence-corrected chi connectivity index (χ0v) is 19.4. The van der Waals surface area contributed by atoms with Gasteiger partial charge in [0, 0.05) is 12.1 Å². The molecule has 0 radical (unpaired) electrons. The summed E-state index contributed by atoms with van der Waals surface area (Å²) in [6.45, 7) is 7.91. The molecule has 32 heavy (non-hydrogen) atoms. The molecule has 1 heterocycles. The second kappa shape index (κ2) is 11.5. The first kappa shape index (κ1) is 23.6. The van der Waals surface area contributed by atoms with Gasteiger partial charge in [0.1, 0.15) is 6.04 Å². The number of aromatic nitrogens is 4. The van der Waals surface area contributed by atoms with Crippen molar-refractivity contribution in [1.82, 2.24) is 25.5 Å². The zero-order chi connectivity index (χ0) is 22.9. The number of nitrogens with one attached hydrogen (secondary N) is 1. The van der Waals surface area contributed by atoms with Crippen LogP contribution in [0.2, 0.25) is 0 Å². The molecule has 1 atom stereocenters. The standard InChI is InChI=1S/C25H33N5O2/c1-5-6-9-16-30(23(18(2)3)25(31)32-4)17-19-12-14-20(15-13-19)21-10-7-8-11-22(21)24-26-28-29-27-24/h7-8,10-15,18,23H,5-6,9,16-17H2,1-4H3,(H,26,27,28,29)/t23-/m0/s1. The predicted octanol–water partition coefficient (Wildman–Crippen LogP) is 4.72. The number of rotatable bonds is 11. The number of benzene rings is 2. The van der Waals surface area contributed by atoms with Crippen LogP contribution in [0, 0.1) is 5.92 Å². The first-order valence-electron chi connectivity index (χ1n) is 11.3. The Balaban J connectivity index is 1.83. The number of aromatic amines is 1. The monoisotopic (exact) mass is 435 g/mol. The molecular formula is C25H33N5O2. The summed E-state index contributed by atoms with van der Waals surface area (Å²) in [5.74, 6) is 0.581. The Bertz CT molecular complexity index is 970. The van der Waals surface area contributed by atoms with Crippen LogP contribution in [0.5, 0.6) is 0 Å². The third-order valence-electron chi connectivity index (χ3n) is 5.68. The van der Waals surface area contributed by atoms with E-state index in [0.717, 1.165) is 48.1 Å². The van der Waals surface area contributed by atoms with Crippen molar-refractivity contribution in [2.75, 3.05) is 13.7 Å². The second-order valence-corrected chi connectivity index (χ2v) is 8.37. The maximum Gasteiger partial charge on any atom is 0.323 e. The van der Waals surface area contributed by atoms with Gasteiger partial charge >= 0.3 is 5.97 Å². The second-order valence-electron chi connectivity index (χ2n) is 8.37. The molecule has 7 nitrogen and oxygen atoms in total. The van der Waals surface area contributed by atoms with Crippen LogP contribution in [0.15, 0.2) is 48.5 Å². The van der Waals surface area contributed by atoms with E-state index in [1.807, 2.05) is 18.2 Å². The topological polar surface area (TPSA) is 84.0 Å². The third kappa shape index (κ3) is 5.79. The van der Waals surface area contributed by atoms with Crippen LogP contribution in [0.1, 0.15) is 45.6 Å². The van der Waals surface area contributed by atoms with Crippen molar-refractivity contribution in [2.24, 2.45) is 5.92 Å². The van der Waals surface area contributed by atoms with Crippen LogP contribution in [0.25, 0.3) is 22.5 Å². The Morgan fingerprint density at radius 3 is 2.38 bits per heavy atom. The van der Waals surface area contributed by atoms with Gasteiger partial charge < -0.3 is 4.74 Å². The fourth-order valence-electron chi connectivity index (χ4n) is 4.07. The summed E-state index contributed by atoms with van der Waals surface area (Å²) in [4.78, 5) is 14.8. The highest BCUT2D eigenvalue weighted by molar-refractivity contribution is 5.80. The average Bonchev–Trinajstić information content (AvgIpc) is 3.34. The van der Waals surface area contributed by atoms with Crippen LogP contribution >= 0.6 is 0 Å². The highest BCUT2D eigenvalue weighted by Gasteiger charge is 2.29. The van der Waals surface area contributed by atoms with Gasteiger partial charge in [-0.2, -0.15) is 5.21 Å². The number of unbranched alkanes of at least 4 members (excludes halogenated alkanes) is 2. The Morgan fingerprint density at radius 2 is 1.78 bits per heavy atom. The molecule has 0 aliphatic carbocycles. The lowest BCUT2D eigenvalue weighted by Gasteiger charge is -2.32. The molecule has 0 spiro atoms. The molecule has 0 bridgehead atoms. The highest BCUT2D eigenvalue weighted by Crippen LogP contribution is 2.30. The molecule has 1 aromatic heterocycles. The summed E-state index contributed by atoms with van der Waals surface area (Å²) in [5.41, 5.74) is 4.23. The van der Waals surface area contributed by atoms with Gasteiger partial charge in [-0.05, 0) is 40.8 Å². The van der Waals surface area contributed by atoms with Crippen LogP contribution in [-0.4, -0.2) is 51.2 Å². The number of hydrogen-bond donors (Lipinski definition) is 1. The largest absolute Gasteiger partial charge is 0.468 e. The SMILES string of the molecule is CCCCCN(Cc1ccc(-c2ccccc2-c2nn[nH]n2)cc1)[C@H](C(=O)OC)C(C)C. The average molecular weight is 436 g/mol. The zero-order valence-electron chi connectivity index (χ0n) is 19.4. The molecule has 0 fully saturated rings. The molecule has 7 heteroatoms. The van der Waals surface area contributed by atoms with Gasteiger partial charge in [-0.1, -0.05) is 82.1 Å². The molecular weight excluding hydrogens is 402 g/mol. The number of tetrazole rings is 1. The quantitative estimate of drug-likeness (QED) is 0.346. The molecule has 1 N–H and O–H groups in total. The summed E-state index contributed by atoms with van der Waals surface area (Å²) in [5, 5.41) is 14.5. The molecule has 0 saturated carbocycles. The third-order valence-corrected chi connectivity index (χ3v) is 5.68. The minimum atomic E-state index is -0.254. The summed E-state index contributed by atoms with van der Waals surface area (Å²) < 4.78 is 5.12. The van der Waals surface area contributed by atoms with E-state index in [0.29, 0.717) is 12.4 Å². The van der Waals surface area contributed by atoms with Gasteiger partial charge in [0.25, 0.3) is 0 Å². The maximum absolute atomic E-state index is 12.5. The predicted molar refractivity (Wildman–Crippen MR) is 126 cm³/mol. The van der Waals surface area contributed by atoms with E-state index in [-0.39, 0.29) is 17.9 Å². The van der Waals surface area contributed by atoms with Crippen LogP contribution in [-0.2, 0) is 16.1 Å². The molecule has 0 aliphatic heterocycles. The highest BCUT2D eigenvalue weighted by atomic mass is 16.5. The molecule has 0 unspecified atom stereocenters. The van der Waals surface area contributed by atoms with Gasteiger partial charge in [-0.3, -0.25) is 9.69 Å². The van der Waals surface area contributed by atoms with Gasteiger partial charge in [0.15, 0.2) is 0 Å². The number of nitrogens with zero attached hydrogens (tertiary/aromatic N) is 4. The number of methoxy groups -OCH3 is 1. The van der Waals surface area contributed by atoms with Gasteiger partial charge in [0.2, 0.25) is 5.82 Å². The maximum atomic E-state index is 12.5. The van der Waals surface area contributed by atoms with Crippen molar-refractivity contribution in [2.45, 2.75) is 52.6 Å². The fourth-order valence-corrected chi connectivity index (χ4v) is 4.07. The Morgan fingerprint density at radius 1 is 1.06 bits per heavy atom. The number of ether oxygens (including phenoxy) is 1. The van der Waals surface area contributed by atoms with Crippen molar-refractivity contribution < 1.29 is 9.53 Å². The Kier molecular flexibility index (Phi) is 8.50. The van der Waals surface area contributed by atoms with Crippen molar-refractivity contribution in [3.63, 3.8) is 0 Å². The van der Waals surface area contributed by atoms with Crippen molar-refractivity contribution in [3.05, 3.63) is 54.1 Å². The fraction of sp³-hybridized carbons (Fsp3) is 0.440. The number of carbonyl (C=O) groups is 1. The molecule has 0 aliphatic rings. The van der Waals surface area contributed by atoms with E-state index in [1.54, 1.807) is 0 Å². The summed E-state index contributed by atoms with van der Waals surface area (Å²) in [6.07, 6.45) is 3.36. The number of H-pyrrole nitrogens is 1. The first-order valence-corrected chi connectivity index (χ1v) is 11.3. The van der Waals surface area contributed by atoms with E-state index in [2.05, 4.69) is 76.6 Å². The summed E-state index contributed by atoms with van der Waals surface area (Å²) in [7, 11) is 1.47.